The van der Waals surface area contributed by atoms with Crippen molar-refractivity contribution in [2.24, 2.45) is 5.16 Å². The number of nitrogens with one attached hydrogen (secondary N) is 1. The minimum Gasteiger partial charge on any atom is -0.493 e. The lowest BCUT2D eigenvalue weighted by Gasteiger charge is -2.11. The number of benzene rings is 2. The molecule has 0 aliphatic carbocycles. The van der Waals surface area contributed by atoms with E-state index in [1.807, 2.05) is 19.1 Å². The van der Waals surface area contributed by atoms with E-state index in [4.69, 9.17) is 25.9 Å². The summed E-state index contributed by atoms with van der Waals surface area (Å²) in [6, 6.07) is 12.3. The number of oxime groups is 1. The number of methoxy groups -OCH3 is 1. The van der Waals surface area contributed by atoms with Crippen molar-refractivity contribution in [3.8, 4) is 11.5 Å². The molecule has 1 amide bonds. The van der Waals surface area contributed by atoms with Crippen molar-refractivity contribution in [2.45, 2.75) is 26.4 Å². The van der Waals surface area contributed by atoms with Crippen LogP contribution >= 0.6 is 11.6 Å². The second kappa shape index (κ2) is 10.4. The van der Waals surface area contributed by atoms with Crippen molar-refractivity contribution in [1.29, 1.82) is 0 Å². The molecule has 0 unspecified atom stereocenters. The zero-order chi connectivity index (χ0) is 19.6. The van der Waals surface area contributed by atoms with Gasteiger partial charge in [0.2, 0.25) is 6.10 Å². The molecule has 7 heteroatoms. The number of nitrogens with zero attached hydrogens (tertiary/aromatic N) is 1. The van der Waals surface area contributed by atoms with Crippen molar-refractivity contribution in [3.63, 3.8) is 0 Å². The van der Waals surface area contributed by atoms with Gasteiger partial charge in [0.15, 0.2) is 11.5 Å². The van der Waals surface area contributed by atoms with Gasteiger partial charge in [0, 0.05) is 16.3 Å². The predicted molar refractivity (Wildman–Crippen MR) is 107 cm³/mol. The monoisotopic (exact) mass is 390 g/mol. The summed E-state index contributed by atoms with van der Waals surface area (Å²) >= 11 is 5.82. The number of rotatable bonds is 9. The van der Waals surface area contributed by atoms with Crippen LogP contribution in [0.2, 0.25) is 5.02 Å². The van der Waals surface area contributed by atoms with Crippen molar-refractivity contribution in [1.82, 2.24) is 0 Å². The number of halogens is 1. The lowest BCUT2D eigenvalue weighted by atomic mass is 10.2. The van der Waals surface area contributed by atoms with Gasteiger partial charge in [-0.15, -0.1) is 0 Å². The topological polar surface area (TPSA) is 69.2 Å². The van der Waals surface area contributed by atoms with Crippen LogP contribution in [-0.2, 0) is 9.63 Å². The molecule has 2 aromatic rings. The maximum atomic E-state index is 12.1. The van der Waals surface area contributed by atoms with Crippen LogP contribution in [0.15, 0.2) is 47.6 Å². The molecule has 0 radical (unpaired) electrons. The summed E-state index contributed by atoms with van der Waals surface area (Å²) in [4.78, 5) is 17.3. The second-order valence-corrected chi connectivity index (χ2v) is 6.17. The van der Waals surface area contributed by atoms with Crippen LogP contribution < -0.4 is 14.8 Å². The Hall–Kier alpha value is -2.73. The molecule has 2 rings (SSSR count). The highest BCUT2D eigenvalue weighted by Crippen LogP contribution is 2.27. The van der Waals surface area contributed by atoms with Crippen LogP contribution in [-0.4, -0.2) is 31.9 Å². The Morgan fingerprint density at radius 2 is 1.96 bits per heavy atom. The van der Waals surface area contributed by atoms with Gasteiger partial charge in [0.05, 0.1) is 19.9 Å². The Morgan fingerprint density at radius 3 is 2.63 bits per heavy atom. The van der Waals surface area contributed by atoms with Gasteiger partial charge in [-0.05, 0) is 55.8 Å². The third kappa shape index (κ3) is 6.49. The molecule has 2 aromatic carbocycles. The van der Waals surface area contributed by atoms with Crippen molar-refractivity contribution < 1.29 is 19.1 Å². The number of amides is 1. The van der Waals surface area contributed by atoms with Crippen LogP contribution in [0.4, 0.5) is 5.69 Å². The minimum absolute atomic E-state index is 0.310. The van der Waals surface area contributed by atoms with Crippen LogP contribution in [0, 0.1) is 0 Å². The standard InChI is InChI=1S/C20H23ClN2O4/c1-4-11-26-18-10-5-15(12-19(18)25-3)13-22-27-14(2)20(24)23-17-8-6-16(21)7-9-17/h5-10,12-14H,4,11H2,1-3H3,(H,23,24)/b22-13-/t14-/m0/s1. The first-order valence-corrected chi connectivity index (χ1v) is 8.97. The molecule has 0 bridgehead atoms. The minimum atomic E-state index is -0.758. The fourth-order valence-electron chi connectivity index (χ4n) is 2.10. The number of hydrogen-bond donors (Lipinski definition) is 1. The van der Waals surface area contributed by atoms with Gasteiger partial charge in [-0.2, -0.15) is 0 Å². The van der Waals surface area contributed by atoms with Crippen LogP contribution in [0.25, 0.3) is 0 Å². The van der Waals surface area contributed by atoms with Crippen molar-refractivity contribution in [3.05, 3.63) is 53.1 Å². The van der Waals surface area contributed by atoms with Gasteiger partial charge in [-0.25, -0.2) is 0 Å². The highest BCUT2D eigenvalue weighted by atomic mass is 35.5. The fraction of sp³-hybridized carbons (Fsp3) is 0.300. The zero-order valence-electron chi connectivity index (χ0n) is 15.6. The average Bonchev–Trinajstić information content (AvgIpc) is 2.68. The molecule has 0 saturated carbocycles. The number of anilines is 1. The average molecular weight is 391 g/mol. The Morgan fingerprint density at radius 1 is 1.22 bits per heavy atom. The van der Waals surface area contributed by atoms with Gasteiger partial charge in [-0.1, -0.05) is 23.7 Å². The van der Waals surface area contributed by atoms with Crippen LogP contribution in [0.5, 0.6) is 11.5 Å². The summed E-state index contributed by atoms with van der Waals surface area (Å²) in [5.74, 6) is 0.976. The van der Waals surface area contributed by atoms with Gasteiger partial charge in [0.1, 0.15) is 0 Å². The Kier molecular flexibility index (Phi) is 7.95. The molecule has 0 heterocycles. The summed E-state index contributed by atoms with van der Waals surface area (Å²) < 4.78 is 10.9. The molecule has 0 aliphatic heterocycles. The number of carbonyl (C=O) groups is 1. The molecule has 0 aromatic heterocycles. The van der Waals surface area contributed by atoms with Gasteiger partial charge < -0.3 is 19.6 Å². The number of hydrogen-bond acceptors (Lipinski definition) is 5. The van der Waals surface area contributed by atoms with E-state index in [-0.39, 0.29) is 5.91 Å². The molecule has 27 heavy (non-hydrogen) atoms. The summed E-state index contributed by atoms with van der Waals surface area (Å²) in [6.45, 7) is 4.27. The predicted octanol–water partition coefficient (Wildman–Crippen LogP) is 4.52. The summed E-state index contributed by atoms with van der Waals surface area (Å²) in [5.41, 5.74) is 1.40. The molecule has 144 valence electrons. The largest absolute Gasteiger partial charge is 0.493 e. The van der Waals surface area contributed by atoms with Crippen molar-refractivity contribution in [2.75, 3.05) is 19.0 Å². The molecule has 6 nitrogen and oxygen atoms in total. The fourth-order valence-corrected chi connectivity index (χ4v) is 2.23. The number of carbonyl (C=O) groups excluding carboxylic acids is 1. The first-order chi connectivity index (χ1) is 13.0. The molecule has 0 aliphatic rings. The van der Waals surface area contributed by atoms with E-state index in [1.165, 1.54) is 6.21 Å². The summed E-state index contributed by atoms with van der Waals surface area (Å²) in [6.07, 6.45) is 1.67. The smallest absolute Gasteiger partial charge is 0.267 e. The highest BCUT2D eigenvalue weighted by Gasteiger charge is 2.14. The molecule has 1 N–H and O–H groups in total. The Labute approximate surface area is 164 Å². The maximum Gasteiger partial charge on any atom is 0.267 e. The molecular weight excluding hydrogens is 368 g/mol. The van der Waals surface area contributed by atoms with Gasteiger partial charge >= 0.3 is 0 Å². The quantitative estimate of drug-likeness (QED) is 0.505. The van der Waals surface area contributed by atoms with E-state index < -0.39 is 6.10 Å². The molecule has 0 fully saturated rings. The molecule has 0 spiro atoms. The lowest BCUT2D eigenvalue weighted by Crippen LogP contribution is -2.26. The lowest BCUT2D eigenvalue weighted by molar-refractivity contribution is -0.126. The second-order valence-electron chi connectivity index (χ2n) is 5.74. The molecule has 0 saturated heterocycles. The highest BCUT2D eigenvalue weighted by molar-refractivity contribution is 6.30. The van der Waals surface area contributed by atoms with E-state index in [2.05, 4.69) is 10.5 Å². The van der Waals surface area contributed by atoms with E-state index in [0.717, 1.165) is 12.0 Å². The maximum absolute atomic E-state index is 12.1. The molecule has 1 atom stereocenters. The normalized spacial score (nSPS) is 11.9. The van der Waals surface area contributed by atoms with E-state index >= 15 is 0 Å². The van der Waals surface area contributed by atoms with E-state index in [0.29, 0.717) is 28.8 Å². The van der Waals surface area contributed by atoms with Gasteiger partial charge in [0.25, 0.3) is 5.91 Å². The summed E-state index contributed by atoms with van der Waals surface area (Å²) in [7, 11) is 1.58. The zero-order valence-corrected chi connectivity index (χ0v) is 16.3. The first kappa shape index (κ1) is 20.6. The van der Waals surface area contributed by atoms with Gasteiger partial charge in [-0.3, -0.25) is 4.79 Å². The Balaban J connectivity index is 1.91. The summed E-state index contributed by atoms with van der Waals surface area (Å²) in [5, 5.41) is 7.21. The third-order valence-corrected chi connectivity index (χ3v) is 3.80. The SMILES string of the molecule is CCCOc1ccc(/C=N\O[C@@H](C)C(=O)Nc2ccc(Cl)cc2)cc1OC. The van der Waals surface area contributed by atoms with Crippen LogP contribution in [0.3, 0.4) is 0 Å². The van der Waals surface area contributed by atoms with E-state index in [1.54, 1.807) is 44.4 Å². The Bertz CT molecular complexity index is 778. The van der Waals surface area contributed by atoms with E-state index in [9.17, 15) is 4.79 Å². The first-order valence-electron chi connectivity index (χ1n) is 8.60. The molecular formula is C20H23ClN2O4. The third-order valence-electron chi connectivity index (χ3n) is 3.55. The van der Waals surface area contributed by atoms with Crippen LogP contribution in [0.1, 0.15) is 25.8 Å². The number of ether oxygens (including phenoxy) is 2. The van der Waals surface area contributed by atoms with Crippen molar-refractivity contribution >= 4 is 29.4 Å².